The molecule has 1 unspecified atom stereocenters. The minimum atomic E-state index is -0.572. The van der Waals surface area contributed by atoms with Crippen molar-refractivity contribution in [2.75, 3.05) is 6.54 Å². The molecule has 0 saturated carbocycles. The lowest BCUT2D eigenvalue weighted by Crippen LogP contribution is -2.38. The zero-order valence-corrected chi connectivity index (χ0v) is 11.4. The molecule has 5 heteroatoms. The summed E-state index contributed by atoms with van der Waals surface area (Å²) in [5.41, 5.74) is 0.0338. The van der Waals surface area contributed by atoms with E-state index in [1.165, 1.54) is 12.1 Å². The Morgan fingerprint density at radius 1 is 1.39 bits per heavy atom. The van der Waals surface area contributed by atoms with Crippen molar-refractivity contribution >= 4 is 15.9 Å². The van der Waals surface area contributed by atoms with Gasteiger partial charge in [-0.1, -0.05) is 0 Å². The van der Waals surface area contributed by atoms with Crippen LogP contribution in [-0.2, 0) is 6.54 Å². The van der Waals surface area contributed by atoms with Crippen molar-refractivity contribution in [1.29, 1.82) is 5.26 Å². The van der Waals surface area contributed by atoms with Crippen LogP contribution in [0.5, 0.6) is 0 Å². The normalized spacial score (nSPS) is 20.7. The maximum Gasteiger partial charge on any atom is 0.144 e. The van der Waals surface area contributed by atoms with Gasteiger partial charge in [-0.25, -0.2) is 8.78 Å². The molecule has 0 bridgehead atoms. The molecule has 1 aromatic carbocycles. The Morgan fingerprint density at radius 2 is 2.17 bits per heavy atom. The van der Waals surface area contributed by atoms with E-state index < -0.39 is 11.6 Å². The van der Waals surface area contributed by atoms with Gasteiger partial charge in [0.25, 0.3) is 0 Å². The lowest BCUT2D eigenvalue weighted by Gasteiger charge is -2.31. The van der Waals surface area contributed by atoms with Crippen LogP contribution in [0.25, 0.3) is 0 Å². The van der Waals surface area contributed by atoms with Crippen LogP contribution in [0.15, 0.2) is 16.6 Å². The van der Waals surface area contributed by atoms with Crippen molar-refractivity contribution in [3.8, 4) is 6.07 Å². The van der Waals surface area contributed by atoms with E-state index in [0.29, 0.717) is 6.54 Å². The first-order chi connectivity index (χ1) is 8.63. The Balaban J connectivity index is 2.23. The van der Waals surface area contributed by atoms with Crippen LogP contribution in [0.4, 0.5) is 8.78 Å². The second kappa shape index (κ2) is 5.77. The molecule has 1 saturated heterocycles. The summed E-state index contributed by atoms with van der Waals surface area (Å²) in [6.45, 7) is 0.860. The summed E-state index contributed by atoms with van der Waals surface area (Å²) in [4.78, 5) is 1.84. The highest BCUT2D eigenvalue weighted by atomic mass is 79.9. The second-order valence-corrected chi connectivity index (χ2v) is 5.29. The van der Waals surface area contributed by atoms with Gasteiger partial charge in [0.2, 0.25) is 0 Å². The van der Waals surface area contributed by atoms with Crippen LogP contribution in [0.1, 0.15) is 24.8 Å². The minimum absolute atomic E-state index is 0.0338. The Morgan fingerprint density at radius 3 is 2.89 bits per heavy atom. The van der Waals surface area contributed by atoms with Gasteiger partial charge in [0, 0.05) is 12.1 Å². The Bertz CT molecular complexity index is 485. The van der Waals surface area contributed by atoms with E-state index in [1.807, 2.05) is 4.90 Å². The Labute approximate surface area is 113 Å². The number of piperidine rings is 1. The van der Waals surface area contributed by atoms with Gasteiger partial charge in [-0.15, -0.1) is 0 Å². The summed E-state index contributed by atoms with van der Waals surface area (Å²) in [5.74, 6) is -1.13. The summed E-state index contributed by atoms with van der Waals surface area (Å²) in [6, 6.07) is 4.55. The smallest absolute Gasteiger partial charge is 0.144 e. The lowest BCUT2D eigenvalue weighted by atomic mass is 10.0. The summed E-state index contributed by atoms with van der Waals surface area (Å²) < 4.78 is 27.8. The van der Waals surface area contributed by atoms with Gasteiger partial charge in [0.15, 0.2) is 0 Å². The topological polar surface area (TPSA) is 27.0 Å². The number of hydrogen-bond donors (Lipinski definition) is 0. The van der Waals surface area contributed by atoms with Crippen LogP contribution in [0.3, 0.4) is 0 Å². The first-order valence-corrected chi connectivity index (χ1v) is 6.69. The SMILES string of the molecule is N#CC1CCCCN1Cc1c(F)ccc(Br)c1F. The standard InChI is InChI=1S/C13H13BrF2N2/c14-11-4-5-12(15)10(13(11)16)8-18-6-2-1-3-9(18)7-17/h4-5,9H,1-3,6,8H2. The van der Waals surface area contributed by atoms with Gasteiger partial charge in [-0.05, 0) is 53.9 Å². The van der Waals surface area contributed by atoms with Crippen molar-refractivity contribution in [3.05, 3.63) is 33.8 Å². The summed E-state index contributed by atoms with van der Waals surface area (Å²) in [5, 5.41) is 9.04. The fraction of sp³-hybridized carbons (Fsp3) is 0.462. The maximum atomic E-state index is 13.9. The lowest BCUT2D eigenvalue weighted by molar-refractivity contribution is 0.172. The highest BCUT2D eigenvalue weighted by Crippen LogP contribution is 2.25. The van der Waals surface area contributed by atoms with E-state index in [9.17, 15) is 8.78 Å². The van der Waals surface area contributed by atoms with Crippen molar-refractivity contribution in [1.82, 2.24) is 4.90 Å². The molecule has 1 atom stereocenters. The fourth-order valence-electron chi connectivity index (χ4n) is 2.24. The molecule has 0 amide bonds. The average molecular weight is 315 g/mol. The van der Waals surface area contributed by atoms with E-state index in [-0.39, 0.29) is 22.6 Å². The quantitative estimate of drug-likeness (QED) is 0.780. The fourth-order valence-corrected chi connectivity index (χ4v) is 2.62. The number of halogens is 3. The first-order valence-electron chi connectivity index (χ1n) is 5.89. The van der Waals surface area contributed by atoms with E-state index in [4.69, 9.17) is 5.26 Å². The van der Waals surface area contributed by atoms with Crippen molar-refractivity contribution in [2.45, 2.75) is 31.8 Å². The second-order valence-electron chi connectivity index (χ2n) is 4.43. The average Bonchev–Trinajstić information content (AvgIpc) is 2.39. The highest BCUT2D eigenvalue weighted by molar-refractivity contribution is 9.10. The molecular formula is C13H13BrF2N2. The predicted molar refractivity (Wildman–Crippen MR) is 67.7 cm³/mol. The molecule has 1 fully saturated rings. The molecule has 0 N–H and O–H groups in total. The van der Waals surface area contributed by atoms with Crippen LogP contribution in [0.2, 0.25) is 0 Å². The van der Waals surface area contributed by atoms with Crippen molar-refractivity contribution in [2.24, 2.45) is 0 Å². The van der Waals surface area contributed by atoms with E-state index >= 15 is 0 Å². The van der Waals surface area contributed by atoms with Gasteiger partial charge in [-0.3, -0.25) is 4.90 Å². The molecule has 18 heavy (non-hydrogen) atoms. The predicted octanol–water partition coefficient (Wildman–Crippen LogP) is 3.61. The highest BCUT2D eigenvalue weighted by Gasteiger charge is 2.24. The number of benzene rings is 1. The molecule has 2 rings (SSSR count). The molecule has 1 heterocycles. The molecule has 0 radical (unpaired) electrons. The van der Waals surface area contributed by atoms with Gasteiger partial charge in [0.1, 0.15) is 11.6 Å². The van der Waals surface area contributed by atoms with Gasteiger partial charge < -0.3 is 0 Å². The van der Waals surface area contributed by atoms with Crippen LogP contribution >= 0.6 is 15.9 Å². The molecule has 0 aliphatic carbocycles. The molecule has 0 spiro atoms. The third-order valence-corrected chi connectivity index (χ3v) is 3.88. The summed E-state index contributed by atoms with van der Waals surface area (Å²) in [6.07, 6.45) is 2.74. The Hall–Kier alpha value is -0.990. The van der Waals surface area contributed by atoms with Gasteiger partial charge in [0.05, 0.1) is 16.6 Å². The van der Waals surface area contributed by atoms with Crippen molar-refractivity contribution < 1.29 is 8.78 Å². The van der Waals surface area contributed by atoms with E-state index in [1.54, 1.807) is 0 Å². The number of nitriles is 1. The largest absolute Gasteiger partial charge is 0.284 e. The minimum Gasteiger partial charge on any atom is -0.284 e. The monoisotopic (exact) mass is 314 g/mol. The number of likely N-dealkylation sites (tertiary alicyclic amines) is 1. The molecule has 2 nitrogen and oxygen atoms in total. The molecule has 1 aliphatic rings. The van der Waals surface area contributed by atoms with Crippen LogP contribution in [-0.4, -0.2) is 17.5 Å². The molecule has 0 aromatic heterocycles. The summed E-state index contributed by atoms with van der Waals surface area (Å²) >= 11 is 3.05. The molecule has 96 valence electrons. The maximum absolute atomic E-state index is 13.9. The number of rotatable bonds is 2. The van der Waals surface area contributed by atoms with Gasteiger partial charge >= 0.3 is 0 Å². The third-order valence-electron chi connectivity index (χ3n) is 3.26. The van der Waals surface area contributed by atoms with Crippen LogP contribution < -0.4 is 0 Å². The third kappa shape index (κ3) is 2.70. The van der Waals surface area contributed by atoms with E-state index in [0.717, 1.165) is 19.3 Å². The van der Waals surface area contributed by atoms with E-state index in [2.05, 4.69) is 22.0 Å². The number of nitrogens with zero attached hydrogens (tertiary/aromatic N) is 2. The Kier molecular flexibility index (Phi) is 4.31. The van der Waals surface area contributed by atoms with Gasteiger partial charge in [-0.2, -0.15) is 5.26 Å². The van der Waals surface area contributed by atoms with Crippen LogP contribution in [0, 0.1) is 23.0 Å². The molecule has 1 aromatic rings. The summed E-state index contributed by atoms with van der Waals surface area (Å²) in [7, 11) is 0. The molecular weight excluding hydrogens is 302 g/mol. The molecule has 1 aliphatic heterocycles. The zero-order chi connectivity index (χ0) is 13.1. The zero-order valence-electron chi connectivity index (χ0n) is 9.80. The first kappa shape index (κ1) is 13.4. The van der Waals surface area contributed by atoms with Crippen molar-refractivity contribution in [3.63, 3.8) is 0 Å². The number of hydrogen-bond acceptors (Lipinski definition) is 2.